The number of thiophene rings is 1. The number of urea groups is 1. The van der Waals surface area contributed by atoms with Gasteiger partial charge in [-0.1, -0.05) is 23.4 Å². The van der Waals surface area contributed by atoms with E-state index in [9.17, 15) is 9.18 Å². The largest absolute Gasteiger partial charge is 0.497 e. The first kappa shape index (κ1) is 21.8. The van der Waals surface area contributed by atoms with Crippen LogP contribution in [0.1, 0.15) is 29.3 Å². The third-order valence-corrected chi connectivity index (χ3v) is 6.56. The molecule has 7 nitrogen and oxygen atoms in total. The summed E-state index contributed by atoms with van der Waals surface area (Å²) >= 11 is 1.57. The van der Waals surface area contributed by atoms with Crippen molar-refractivity contribution in [3.63, 3.8) is 0 Å². The number of carbonyl (C=O) groups is 1. The Morgan fingerprint density at radius 1 is 1.15 bits per heavy atom. The normalized spacial score (nSPS) is 16.0. The number of rotatable bonds is 6. The lowest BCUT2D eigenvalue weighted by Gasteiger charge is -2.35. The van der Waals surface area contributed by atoms with Crippen LogP contribution >= 0.6 is 11.3 Å². The van der Waals surface area contributed by atoms with Crippen molar-refractivity contribution in [3.8, 4) is 17.1 Å². The van der Waals surface area contributed by atoms with Crippen molar-refractivity contribution >= 4 is 22.9 Å². The van der Waals surface area contributed by atoms with E-state index in [0.717, 1.165) is 16.2 Å². The molecule has 2 amide bonds. The highest BCUT2D eigenvalue weighted by Gasteiger charge is 2.36. The fourth-order valence-corrected chi connectivity index (χ4v) is 4.60. The molecule has 2 aromatic carbocycles. The predicted molar refractivity (Wildman–Crippen MR) is 126 cm³/mol. The van der Waals surface area contributed by atoms with Gasteiger partial charge in [-0.25, -0.2) is 9.18 Å². The van der Waals surface area contributed by atoms with Crippen LogP contribution in [0.4, 0.5) is 9.18 Å². The molecule has 1 unspecified atom stereocenters. The lowest BCUT2D eigenvalue weighted by Crippen LogP contribution is -2.45. The van der Waals surface area contributed by atoms with E-state index >= 15 is 0 Å². The number of benzene rings is 2. The summed E-state index contributed by atoms with van der Waals surface area (Å²) in [6.45, 7) is 2.27. The van der Waals surface area contributed by atoms with Gasteiger partial charge in [0.05, 0.1) is 25.3 Å². The molecule has 0 spiro atoms. The molecular formula is C25H21FN4O3S. The number of nitrogens with one attached hydrogen (secondary N) is 1. The summed E-state index contributed by atoms with van der Waals surface area (Å²) in [6, 6.07) is 16.4. The molecule has 1 aliphatic heterocycles. The number of nitrogens with zero attached hydrogens (tertiary/aromatic N) is 3. The summed E-state index contributed by atoms with van der Waals surface area (Å²) in [6.07, 6.45) is 0. The first-order chi connectivity index (χ1) is 16.5. The summed E-state index contributed by atoms with van der Waals surface area (Å²) in [5.41, 5.74) is 2.83. The van der Waals surface area contributed by atoms with Crippen LogP contribution in [0.15, 0.2) is 76.3 Å². The average molecular weight is 477 g/mol. The first-order valence-electron chi connectivity index (χ1n) is 10.6. The SMILES string of the molecule is COc1ccc(-c2noc(C3=C(C)N(Cc4cccs4)C(=O)NC3c3ccc(F)cc3)n2)cc1. The third-order valence-electron chi connectivity index (χ3n) is 5.70. The topological polar surface area (TPSA) is 80.5 Å². The van der Waals surface area contributed by atoms with Crippen LogP contribution in [0.3, 0.4) is 0 Å². The van der Waals surface area contributed by atoms with Crippen LogP contribution in [-0.2, 0) is 6.54 Å². The summed E-state index contributed by atoms with van der Waals surface area (Å²) in [5, 5.41) is 9.16. The minimum Gasteiger partial charge on any atom is -0.497 e. The molecule has 0 fully saturated rings. The number of hydrogen-bond acceptors (Lipinski definition) is 6. The number of allylic oxidation sites excluding steroid dienone is 1. The van der Waals surface area contributed by atoms with Crippen LogP contribution in [0.5, 0.6) is 5.75 Å². The van der Waals surface area contributed by atoms with Gasteiger partial charge < -0.3 is 14.6 Å². The number of hydrogen-bond donors (Lipinski definition) is 1. The second-order valence-corrected chi connectivity index (χ2v) is 8.78. The van der Waals surface area contributed by atoms with Crippen molar-refractivity contribution in [1.29, 1.82) is 0 Å². The van der Waals surface area contributed by atoms with E-state index in [-0.39, 0.29) is 17.7 Å². The van der Waals surface area contributed by atoms with Crippen LogP contribution in [0, 0.1) is 5.82 Å². The Kier molecular flexibility index (Phi) is 5.85. The molecule has 3 heterocycles. The van der Waals surface area contributed by atoms with E-state index in [2.05, 4.69) is 15.5 Å². The van der Waals surface area contributed by atoms with Gasteiger partial charge in [0, 0.05) is 16.1 Å². The molecule has 0 aliphatic carbocycles. The zero-order chi connectivity index (χ0) is 23.7. The van der Waals surface area contributed by atoms with Gasteiger partial charge in [-0.3, -0.25) is 4.90 Å². The molecule has 0 bridgehead atoms. The third kappa shape index (κ3) is 4.17. The Balaban J connectivity index is 1.58. The van der Waals surface area contributed by atoms with E-state index in [1.54, 1.807) is 35.5 Å². The molecule has 2 aromatic heterocycles. The highest BCUT2D eigenvalue weighted by atomic mass is 32.1. The van der Waals surface area contributed by atoms with Gasteiger partial charge in [-0.15, -0.1) is 11.3 Å². The Morgan fingerprint density at radius 2 is 1.91 bits per heavy atom. The number of halogens is 1. The van der Waals surface area contributed by atoms with E-state index in [1.165, 1.54) is 12.1 Å². The Labute approximate surface area is 199 Å². The van der Waals surface area contributed by atoms with Crippen LogP contribution < -0.4 is 10.1 Å². The van der Waals surface area contributed by atoms with Gasteiger partial charge in [0.15, 0.2) is 0 Å². The van der Waals surface area contributed by atoms with Gasteiger partial charge in [0.25, 0.3) is 5.89 Å². The number of methoxy groups -OCH3 is 1. The summed E-state index contributed by atoms with van der Waals surface area (Å²) < 4.78 is 24.5. The van der Waals surface area contributed by atoms with Crippen LogP contribution in [0.25, 0.3) is 17.0 Å². The van der Waals surface area contributed by atoms with Crippen molar-refractivity contribution in [1.82, 2.24) is 20.4 Å². The minimum atomic E-state index is -0.572. The first-order valence-corrected chi connectivity index (χ1v) is 11.5. The lowest BCUT2D eigenvalue weighted by molar-refractivity contribution is 0.203. The van der Waals surface area contributed by atoms with E-state index in [0.29, 0.717) is 29.2 Å². The van der Waals surface area contributed by atoms with Crippen molar-refractivity contribution in [2.75, 3.05) is 7.11 Å². The molecule has 4 aromatic rings. The zero-order valence-electron chi connectivity index (χ0n) is 18.5. The fraction of sp³-hybridized carbons (Fsp3) is 0.160. The molecule has 172 valence electrons. The summed E-state index contributed by atoms with van der Waals surface area (Å²) in [4.78, 5) is 20.4. The highest BCUT2D eigenvalue weighted by Crippen LogP contribution is 2.38. The van der Waals surface area contributed by atoms with Crippen molar-refractivity contribution in [3.05, 3.63) is 93.9 Å². The smallest absolute Gasteiger partial charge is 0.322 e. The highest BCUT2D eigenvalue weighted by molar-refractivity contribution is 7.09. The lowest BCUT2D eigenvalue weighted by atomic mass is 9.94. The predicted octanol–water partition coefficient (Wildman–Crippen LogP) is 5.64. The maximum Gasteiger partial charge on any atom is 0.322 e. The summed E-state index contributed by atoms with van der Waals surface area (Å²) in [5.74, 6) is 1.07. The number of carbonyl (C=O) groups excluding carboxylic acids is 1. The minimum absolute atomic E-state index is 0.251. The molecule has 9 heteroatoms. The molecule has 5 rings (SSSR count). The van der Waals surface area contributed by atoms with Gasteiger partial charge in [0.1, 0.15) is 11.6 Å². The van der Waals surface area contributed by atoms with Crippen molar-refractivity contribution in [2.24, 2.45) is 0 Å². The molecule has 0 saturated carbocycles. The quantitative estimate of drug-likeness (QED) is 0.389. The van der Waals surface area contributed by atoms with Gasteiger partial charge in [0.2, 0.25) is 5.82 Å². The van der Waals surface area contributed by atoms with Gasteiger partial charge in [-0.2, -0.15) is 4.98 Å². The monoisotopic (exact) mass is 476 g/mol. The molecular weight excluding hydrogens is 455 g/mol. The second-order valence-electron chi connectivity index (χ2n) is 7.75. The maximum absolute atomic E-state index is 13.6. The van der Waals surface area contributed by atoms with E-state index in [4.69, 9.17) is 9.26 Å². The number of aromatic nitrogens is 2. The standard InChI is InChI=1S/C25H21FN4O3S/c1-15-21(24-28-23(29-33-24)17-7-11-19(32-2)12-8-17)22(16-5-9-18(26)10-6-16)27-25(31)30(15)14-20-4-3-13-34-20/h3-13,22H,14H2,1-2H3,(H,27,31). The maximum atomic E-state index is 13.6. The van der Waals surface area contributed by atoms with E-state index in [1.807, 2.05) is 48.7 Å². The van der Waals surface area contributed by atoms with E-state index < -0.39 is 6.04 Å². The van der Waals surface area contributed by atoms with Crippen molar-refractivity contribution < 1.29 is 18.4 Å². The number of amides is 2. The van der Waals surface area contributed by atoms with Crippen LogP contribution in [0.2, 0.25) is 0 Å². The van der Waals surface area contributed by atoms with Crippen LogP contribution in [-0.4, -0.2) is 28.2 Å². The fourth-order valence-electron chi connectivity index (χ4n) is 3.90. The molecule has 0 saturated heterocycles. The molecule has 34 heavy (non-hydrogen) atoms. The second kappa shape index (κ2) is 9.11. The Hall–Kier alpha value is -3.98. The molecule has 1 N–H and O–H groups in total. The molecule has 0 radical (unpaired) electrons. The number of ether oxygens (including phenoxy) is 1. The summed E-state index contributed by atoms with van der Waals surface area (Å²) in [7, 11) is 1.60. The molecule has 1 aliphatic rings. The Morgan fingerprint density at radius 3 is 2.59 bits per heavy atom. The van der Waals surface area contributed by atoms with Crippen molar-refractivity contribution in [2.45, 2.75) is 19.5 Å². The molecule has 1 atom stereocenters. The Bertz CT molecular complexity index is 1330. The van der Waals surface area contributed by atoms with Gasteiger partial charge >= 0.3 is 6.03 Å². The van der Waals surface area contributed by atoms with Gasteiger partial charge in [-0.05, 0) is 60.3 Å². The zero-order valence-corrected chi connectivity index (χ0v) is 19.3. The average Bonchev–Trinajstić information content (AvgIpc) is 3.54.